The molecule has 0 spiro atoms. The van der Waals surface area contributed by atoms with Gasteiger partial charge in [-0.25, -0.2) is 5.06 Å². The van der Waals surface area contributed by atoms with E-state index in [1.807, 2.05) is 52.8 Å². The molecule has 2 atom stereocenters. The zero-order chi connectivity index (χ0) is 26.2. The van der Waals surface area contributed by atoms with Crippen molar-refractivity contribution in [3.8, 4) is 0 Å². The van der Waals surface area contributed by atoms with E-state index in [-0.39, 0.29) is 42.6 Å². The van der Waals surface area contributed by atoms with Crippen molar-refractivity contribution < 1.29 is 24.4 Å². The van der Waals surface area contributed by atoms with Crippen molar-refractivity contribution in [3.05, 3.63) is 35.9 Å². The number of nitrogens with zero attached hydrogens (tertiary/aromatic N) is 2. The van der Waals surface area contributed by atoms with Crippen LogP contribution in [-0.2, 0) is 14.4 Å². The van der Waals surface area contributed by atoms with Gasteiger partial charge in [-0.2, -0.15) is 0 Å². The van der Waals surface area contributed by atoms with Crippen LogP contribution in [0, 0.1) is 17.3 Å². The molecule has 1 heterocycles. The highest BCUT2D eigenvalue weighted by Crippen LogP contribution is 2.24. The highest BCUT2D eigenvalue weighted by Gasteiger charge is 2.38. The molecule has 1 aliphatic rings. The third-order valence-corrected chi connectivity index (χ3v) is 6.23. The van der Waals surface area contributed by atoms with Gasteiger partial charge in [0.1, 0.15) is 6.04 Å². The van der Waals surface area contributed by atoms with Crippen LogP contribution in [0.15, 0.2) is 30.3 Å². The van der Waals surface area contributed by atoms with Gasteiger partial charge in [-0.1, -0.05) is 52.8 Å². The maximum Gasteiger partial charge on any atom is 0.251 e. The fourth-order valence-electron chi connectivity index (χ4n) is 4.30. The first-order valence-electron chi connectivity index (χ1n) is 12.3. The van der Waals surface area contributed by atoms with Crippen LogP contribution in [0.1, 0.15) is 64.2 Å². The van der Waals surface area contributed by atoms with E-state index in [9.17, 15) is 24.4 Å². The summed E-state index contributed by atoms with van der Waals surface area (Å²) < 4.78 is 0. The lowest BCUT2D eigenvalue weighted by molar-refractivity contribution is -0.156. The van der Waals surface area contributed by atoms with E-state index in [4.69, 9.17) is 0 Å². The van der Waals surface area contributed by atoms with Crippen LogP contribution in [0.4, 0.5) is 0 Å². The number of benzene rings is 1. The molecule has 1 saturated heterocycles. The summed E-state index contributed by atoms with van der Waals surface area (Å²) in [6.07, 6.45) is 2.00. The summed E-state index contributed by atoms with van der Waals surface area (Å²) in [6, 6.07) is 8.25. The molecule has 9 nitrogen and oxygen atoms in total. The van der Waals surface area contributed by atoms with E-state index < -0.39 is 17.4 Å². The fraction of sp³-hybridized carbons (Fsp3) is 0.615. The number of rotatable bonds is 10. The van der Waals surface area contributed by atoms with E-state index >= 15 is 0 Å². The normalized spacial score (nSPS) is 16.4. The van der Waals surface area contributed by atoms with E-state index in [1.165, 1.54) is 0 Å². The van der Waals surface area contributed by atoms with Crippen molar-refractivity contribution in [2.75, 3.05) is 19.6 Å². The Morgan fingerprint density at radius 3 is 2.26 bits per heavy atom. The zero-order valence-corrected chi connectivity index (χ0v) is 21.5. The van der Waals surface area contributed by atoms with Crippen LogP contribution in [0.3, 0.4) is 0 Å². The Kier molecular flexibility index (Phi) is 10.2. The summed E-state index contributed by atoms with van der Waals surface area (Å²) in [6.45, 7) is 10.4. The second-order valence-corrected chi connectivity index (χ2v) is 10.8. The summed E-state index contributed by atoms with van der Waals surface area (Å²) in [7, 11) is 0. The Bertz CT molecular complexity index is 860. The molecule has 1 aliphatic heterocycles. The smallest absolute Gasteiger partial charge is 0.251 e. The summed E-state index contributed by atoms with van der Waals surface area (Å²) in [4.78, 5) is 51.6. The number of likely N-dealkylation sites (tertiary alicyclic amines) is 1. The molecule has 2 rings (SSSR count). The molecular formula is C26H40N4O5. The molecule has 0 radical (unpaired) electrons. The van der Waals surface area contributed by atoms with Crippen molar-refractivity contribution in [1.29, 1.82) is 0 Å². The maximum absolute atomic E-state index is 13.5. The first kappa shape index (κ1) is 28.3. The number of carbonyl (C=O) groups is 4. The predicted molar refractivity (Wildman–Crippen MR) is 132 cm³/mol. The van der Waals surface area contributed by atoms with Gasteiger partial charge in [0.25, 0.3) is 5.91 Å². The Labute approximate surface area is 208 Å². The molecule has 9 heteroatoms. The van der Waals surface area contributed by atoms with Gasteiger partial charge in [0.05, 0.1) is 12.5 Å². The van der Waals surface area contributed by atoms with Gasteiger partial charge in [0.2, 0.25) is 18.2 Å². The number of nitrogens with one attached hydrogen (secondary N) is 2. The van der Waals surface area contributed by atoms with Gasteiger partial charge in [0.15, 0.2) is 0 Å². The van der Waals surface area contributed by atoms with Crippen molar-refractivity contribution >= 4 is 24.1 Å². The highest BCUT2D eigenvalue weighted by molar-refractivity contribution is 5.94. The van der Waals surface area contributed by atoms with Crippen LogP contribution >= 0.6 is 0 Å². The molecule has 0 bridgehead atoms. The number of hydrogen-bond acceptors (Lipinski definition) is 5. The molecule has 1 fully saturated rings. The van der Waals surface area contributed by atoms with Crippen molar-refractivity contribution in [1.82, 2.24) is 20.6 Å². The molecule has 0 saturated carbocycles. The van der Waals surface area contributed by atoms with Crippen molar-refractivity contribution in [2.45, 2.75) is 66.0 Å². The fourth-order valence-corrected chi connectivity index (χ4v) is 4.30. The third kappa shape index (κ3) is 8.65. The molecule has 0 aliphatic carbocycles. The largest absolute Gasteiger partial charge is 0.349 e. The number of amides is 4. The van der Waals surface area contributed by atoms with E-state index in [0.29, 0.717) is 43.0 Å². The number of piperidine rings is 1. The molecule has 2 unspecified atom stereocenters. The Morgan fingerprint density at radius 1 is 1.14 bits per heavy atom. The van der Waals surface area contributed by atoms with Crippen LogP contribution in [0.25, 0.3) is 0 Å². The topological polar surface area (TPSA) is 119 Å². The Hall–Kier alpha value is -2.94. The number of hydrogen-bond donors (Lipinski definition) is 3. The minimum atomic E-state index is -0.761. The average Bonchev–Trinajstić information content (AvgIpc) is 2.81. The lowest BCUT2D eigenvalue weighted by Crippen LogP contribution is -2.58. The molecule has 4 amide bonds. The summed E-state index contributed by atoms with van der Waals surface area (Å²) in [5.74, 6) is -1.13. The SMILES string of the molecule is CC(C)CC(CN(O)C=O)C(=O)NC(C(=O)N1CCC(NC(=O)c2ccccc2)CC1)C(C)(C)C. The average molecular weight is 489 g/mol. The first-order chi connectivity index (χ1) is 16.4. The van der Waals surface area contributed by atoms with Crippen LogP contribution in [0.2, 0.25) is 0 Å². The highest BCUT2D eigenvalue weighted by atomic mass is 16.5. The molecule has 3 N–H and O–H groups in total. The molecule has 194 valence electrons. The van der Waals surface area contributed by atoms with Gasteiger partial charge in [0, 0.05) is 24.7 Å². The zero-order valence-electron chi connectivity index (χ0n) is 21.5. The summed E-state index contributed by atoms with van der Waals surface area (Å²) >= 11 is 0. The quantitative estimate of drug-likeness (QED) is 0.266. The predicted octanol–water partition coefficient (Wildman–Crippen LogP) is 2.45. The monoisotopic (exact) mass is 488 g/mol. The Morgan fingerprint density at radius 2 is 1.74 bits per heavy atom. The van der Waals surface area contributed by atoms with Crippen LogP contribution < -0.4 is 10.6 Å². The number of carbonyl (C=O) groups excluding carboxylic acids is 4. The van der Waals surface area contributed by atoms with Crippen molar-refractivity contribution in [3.63, 3.8) is 0 Å². The molecule has 35 heavy (non-hydrogen) atoms. The molecule has 0 aromatic heterocycles. The minimum absolute atomic E-state index is 0.0243. The van der Waals surface area contributed by atoms with Gasteiger partial charge < -0.3 is 15.5 Å². The second kappa shape index (κ2) is 12.7. The molecule has 1 aromatic rings. The van der Waals surface area contributed by atoms with Gasteiger partial charge in [-0.15, -0.1) is 0 Å². The van der Waals surface area contributed by atoms with Crippen molar-refractivity contribution in [2.24, 2.45) is 17.3 Å². The molecule has 1 aromatic carbocycles. The summed E-state index contributed by atoms with van der Waals surface area (Å²) in [5, 5.41) is 16.0. The molecular weight excluding hydrogens is 448 g/mol. The van der Waals surface area contributed by atoms with Gasteiger partial charge >= 0.3 is 0 Å². The first-order valence-corrected chi connectivity index (χ1v) is 12.3. The van der Waals surface area contributed by atoms with E-state index in [2.05, 4.69) is 10.6 Å². The lowest BCUT2D eigenvalue weighted by atomic mass is 9.84. The van der Waals surface area contributed by atoms with E-state index in [1.54, 1.807) is 17.0 Å². The van der Waals surface area contributed by atoms with Gasteiger partial charge in [-0.3, -0.25) is 24.4 Å². The standard InChI is InChI=1S/C26H40N4O5/c1-18(2)15-20(16-30(35)17-31)24(33)28-22(26(3,4)5)25(34)29-13-11-21(12-14-29)27-23(32)19-9-7-6-8-10-19/h6-10,17-18,20-22,35H,11-16H2,1-5H3,(H,27,32)(H,28,33). The number of hydroxylamine groups is 2. The second-order valence-electron chi connectivity index (χ2n) is 10.8. The van der Waals surface area contributed by atoms with E-state index in [0.717, 1.165) is 0 Å². The lowest BCUT2D eigenvalue weighted by Gasteiger charge is -2.39. The van der Waals surface area contributed by atoms with Crippen LogP contribution in [0.5, 0.6) is 0 Å². The minimum Gasteiger partial charge on any atom is -0.349 e. The maximum atomic E-state index is 13.5. The van der Waals surface area contributed by atoms with Gasteiger partial charge in [-0.05, 0) is 42.7 Å². The van der Waals surface area contributed by atoms with Crippen LogP contribution in [-0.4, -0.2) is 71.0 Å². The third-order valence-electron chi connectivity index (χ3n) is 6.23. The Balaban J connectivity index is 2.01. The summed E-state index contributed by atoms with van der Waals surface area (Å²) in [5.41, 5.74) is 0.0605.